The van der Waals surface area contributed by atoms with Gasteiger partial charge in [-0.1, -0.05) is 12.2 Å². The first-order chi connectivity index (χ1) is 12.3. The second-order valence-electron chi connectivity index (χ2n) is 6.81. The maximum absolute atomic E-state index is 13.1. The van der Waals surface area contributed by atoms with Crippen LogP contribution in [0.4, 0.5) is 11.4 Å². The van der Waals surface area contributed by atoms with Crippen molar-refractivity contribution in [2.24, 2.45) is 11.8 Å². The first-order valence-electron chi connectivity index (χ1n) is 7.99. The van der Waals surface area contributed by atoms with E-state index in [1.165, 1.54) is 19.2 Å². The van der Waals surface area contributed by atoms with Gasteiger partial charge in [-0.15, -0.1) is 0 Å². The molecule has 0 radical (unpaired) electrons. The van der Waals surface area contributed by atoms with Crippen molar-refractivity contribution >= 4 is 23.2 Å². The molecule has 2 amide bonds. The highest BCUT2D eigenvalue weighted by atomic mass is 16.6. The molecule has 0 saturated carbocycles. The summed E-state index contributed by atoms with van der Waals surface area (Å²) in [7, 11) is 1.30. The molecule has 136 valence electrons. The largest absolute Gasteiger partial charge is 0.494 e. The summed E-state index contributed by atoms with van der Waals surface area (Å²) in [4.78, 5) is 37.5. The number of anilines is 1. The van der Waals surface area contributed by atoms with Crippen molar-refractivity contribution < 1.29 is 29.1 Å². The van der Waals surface area contributed by atoms with Crippen LogP contribution in [0.2, 0.25) is 0 Å². The van der Waals surface area contributed by atoms with Crippen LogP contribution in [0, 0.1) is 22.0 Å². The fraction of sp³-hybridized carbons (Fsp3) is 0.412. The minimum atomic E-state index is -1.23. The molecule has 4 rings (SSSR count). The molecule has 1 aromatic rings. The Hall–Kier alpha value is -2.78. The standard InChI is InChI=1S/C17H16N2O7/c1-16-5-6-17(8-20,26-16)13-12(16)14(21)18(15(13)22)10-4-3-9(19(23)24)7-11(10)25-2/h3-7,12-13,20H,8H2,1-2H3/t12-,13-,16-,17-/m1/s1. The molecule has 0 unspecified atom stereocenters. The van der Waals surface area contributed by atoms with Crippen molar-refractivity contribution in [1.82, 2.24) is 0 Å². The number of imide groups is 1. The highest BCUT2D eigenvalue weighted by Crippen LogP contribution is 2.58. The number of carbonyl (C=O) groups excluding carboxylic acids is 2. The summed E-state index contributed by atoms with van der Waals surface area (Å²) in [5.74, 6) is -2.57. The molecule has 2 saturated heterocycles. The number of aliphatic hydroxyl groups is 1. The molecular weight excluding hydrogens is 344 g/mol. The number of fused-ring (bicyclic) bond motifs is 5. The Balaban J connectivity index is 1.81. The van der Waals surface area contributed by atoms with Crippen molar-refractivity contribution in [2.75, 3.05) is 18.6 Å². The van der Waals surface area contributed by atoms with Gasteiger partial charge in [0, 0.05) is 6.07 Å². The molecular formula is C17H16N2O7. The lowest BCUT2D eigenvalue weighted by Crippen LogP contribution is -2.43. The summed E-state index contributed by atoms with van der Waals surface area (Å²) in [6.07, 6.45) is 3.34. The Kier molecular flexibility index (Phi) is 3.28. The maximum Gasteiger partial charge on any atom is 0.273 e. The Morgan fingerprint density at radius 1 is 1.31 bits per heavy atom. The van der Waals surface area contributed by atoms with Gasteiger partial charge < -0.3 is 14.6 Å². The van der Waals surface area contributed by atoms with Gasteiger partial charge in [-0.05, 0) is 13.0 Å². The van der Waals surface area contributed by atoms with E-state index < -0.39 is 46.4 Å². The minimum Gasteiger partial charge on any atom is -0.494 e. The number of amides is 2. The van der Waals surface area contributed by atoms with Crippen molar-refractivity contribution in [3.05, 3.63) is 40.5 Å². The Bertz CT molecular complexity index is 882. The molecule has 9 nitrogen and oxygen atoms in total. The van der Waals surface area contributed by atoms with E-state index in [-0.39, 0.29) is 17.1 Å². The van der Waals surface area contributed by atoms with Crippen molar-refractivity contribution in [2.45, 2.75) is 18.1 Å². The van der Waals surface area contributed by atoms with Gasteiger partial charge >= 0.3 is 0 Å². The van der Waals surface area contributed by atoms with Crippen LogP contribution in [0.5, 0.6) is 5.75 Å². The number of hydrogen-bond donors (Lipinski definition) is 1. The number of hydrogen-bond acceptors (Lipinski definition) is 7. The summed E-state index contributed by atoms with van der Waals surface area (Å²) in [6, 6.07) is 3.69. The third kappa shape index (κ3) is 1.86. The van der Waals surface area contributed by atoms with Crippen molar-refractivity contribution in [3.8, 4) is 5.75 Å². The molecule has 3 aliphatic heterocycles. The molecule has 2 bridgehead atoms. The van der Waals surface area contributed by atoms with Gasteiger partial charge in [0.15, 0.2) is 0 Å². The number of nitro benzene ring substituents is 1. The third-order valence-electron chi connectivity index (χ3n) is 5.42. The van der Waals surface area contributed by atoms with Gasteiger partial charge in [-0.2, -0.15) is 0 Å². The predicted octanol–water partition coefficient (Wildman–Crippen LogP) is 0.799. The van der Waals surface area contributed by atoms with E-state index >= 15 is 0 Å². The molecule has 0 spiro atoms. The van der Waals surface area contributed by atoms with Crippen LogP contribution in [0.25, 0.3) is 0 Å². The summed E-state index contributed by atoms with van der Waals surface area (Å²) in [5, 5.41) is 20.8. The first kappa shape index (κ1) is 16.7. The van der Waals surface area contributed by atoms with Crippen LogP contribution in [0.1, 0.15) is 6.92 Å². The van der Waals surface area contributed by atoms with Gasteiger partial charge in [0.25, 0.3) is 5.69 Å². The van der Waals surface area contributed by atoms with Crippen molar-refractivity contribution in [1.29, 1.82) is 0 Å². The van der Waals surface area contributed by atoms with Crippen LogP contribution >= 0.6 is 0 Å². The van der Waals surface area contributed by atoms with E-state index in [4.69, 9.17) is 9.47 Å². The topological polar surface area (TPSA) is 119 Å². The van der Waals surface area contributed by atoms with Crippen LogP contribution in [-0.2, 0) is 14.3 Å². The molecule has 2 fully saturated rings. The molecule has 1 N–H and O–H groups in total. The van der Waals surface area contributed by atoms with Gasteiger partial charge in [-0.3, -0.25) is 19.7 Å². The molecule has 0 aliphatic carbocycles. The van der Waals surface area contributed by atoms with Crippen LogP contribution in [0.15, 0.2) is 30.4 Å². The van der Waals surface area contributed by atoms with Crippen LogP contribution in [-0.4, -0.2) is 46.8 Å². The first-order valence-corrected chi connectivity index (χ1v) is 7.99. The van der Waals surface area contributed by atoms with Crippen LogP contribution in [0.3, 0.4) is 0 Å². The third-order valence-corrected chi connectivity index (χ3v) is 5.42. The lowest BCUT2D eigenvalue weighted by Gasteiger charge is -2.27. The Labute approximate surface area is 147 Å². The van der Waals surface area contributed by atoms with E-state index in [9.17, 15) is 24.8 Å². The zero-order valence-electron chi connectivity index (χ0n) is 14.0. The second-order valence-corrected chi connectivity index (χ2v) is 6.81. The number of nitro groups is 1. The number of benzene rings is 1. The minimum absolute atomic E-state index is 0.0466. The molecule has 9 heteroatoms. The lowest BCUT2D eigenvalue weighted by molar-refractivity contribution is -0.384. The van der Waals surface area contributed by atoms with Gasteiger partial charge in [0.05, 0.1) is 47.8 Å². The van der Waals surface area contributed by atoms with Crippen LogP contribution < -0.4 is 9.64 Å². The SMILES string of the molecule is COc1cc([N+](=O)[O-])ccc1N1C(=O)[C@H]2[C@H](C1=O)[C@]1(CO)C=C[C@@]2(C)O1. The summed E-state index contributed by atoms with van der Waals surface area (Å²) in [6.45, 7) is 1.28. The molecule has 0 aromatic heterocycles. The van der Waals surface area contributed by atoms with Gasteiger partial charge in [0.1, 0.15) is 11.4 Å². The number of non-ortho nitro benzene ring substituents is 1. The zero-order valence-corrected chi connectivity index (χ0v) is 14.0. The normalized spacial score (nSPS) is 34.5. The summed E-state index contributed by atoms with van der Waals surface area (Å²) < 4.78 is 11.0. The second kappa shape index (κ2) is 5.12. The fourth-order valence-electron chi connectivity index (χ4n) is 4.24. The highest BCUT2D eigenvalue weighted by molar-refractivity contribution is 6.24. The lowest BCUT2D eigenvalue weighted by atomic mass is 9.73. The summed E-state index contributed by atoms with van der Waals surface area (Å²) in [5.41, 5.74) is -2.29. The predicted molar refractivity (Wildman–Crippen MR) is 87.6 cm³/mol. The molecule has 26 heavy (non-hydrogen) atoms. The van der Waals surface area contributed by atoms with Gasteiger partial charge in [0.2, 0.25) is 11.8 Å². The van der Waals surface area contributed by atoms with E-state index in [1.807, 2.05) is 0 Å². The van der Waals surface area contributed by atoms with E-state index in [0.717, 1.165) is 11.0 Å². The Morgan fingerprint density at radius 2 is 2.00 bits per heavy atom. The quantitative estimate of drug-likeness (QED) is 0.365. The number of methoxy groups -OCH3 is 1. The van der Waals surface area contributed by atoms with E-state index in [2.05, 4.69) is 0 Å². The van der Waals surface area contributed by atoms with E-state index in [1.54, 1.807) is 19.1 Å². The van der Waals surface area contributed by atoms with E-state index in [0.29, 0.717) is 0 Å². The Morgan fingerprint density at radius 3 is 2.62 bits per heavy atom. The van der Waals surface area contributed by atoms with Crippen molar-refractivity contribution in [3.63, 3.8) is 0 Å². The summed E-state index contributed by atoms with van der Waals surface area (Å²) >= 11 is 0. The molecule has 3 aliphatic rings. The maximum atomic E-state index is 13.1. The monoisotopic (exact) mass is 360 g/mol. The average Bonchev–Trinajstić information content (AvgIpc) is 3.20. The zero-order chi connectivity index (χ0) is 18.9. The fourth-order valence-corrected chi connectivity index (χ4v) is 4.24. The molecule has 3 heterocycles. The number of carbonyl (C=O) groups is 2. The number of aliphatic hydroxyl groups excluding tert-OH is 1. The van der Waals surface area contributed by atoms with Gasteiger partial charge in [-0.25, -0.2) is 4.90 Å². The highest BCUT2D eigenvalue weighted by Gasteiger charge is 2.72. The smallest absolute Gasteiger partial charge is 0.273 e. The number of ether oxygens (including phenoxy) is 2. The number of rotatable bonds is 4. The number of nitrogens with zero attached hydrogens (tertiary/aromatic N) is 2. The average molecular weight is 360 g/mol. The molecule has 4 atom stereocenters. The molecule has 1 aromatic carbocycles.